The largest absolute Gasteiger partial charge is 0.481 e. The quantitative estimate of drug-likeness (QED) is 0.856. The van der Waals surface area contributed by atoms with Gasteiger partial charge in [-0.15, -0.1) is 0 Å². The molecule has 78 valence electrons. The van der Waals surface area contributed by atoms with Crippen molar-refractivity contribution >= 4 is 21.9 Å². The molecule has 0 heterocycles. The number of rotatable bonds is 3. The number of alkyl halides is 1. The molecule has 0 bridgehead atoms. The average molecular weight is 268 g/mol. The van der Waals surface area contributed by atoms with Crippen molar-refractivity contribution in [2.45, 2.75) is 18.7 Å². The third kappa shape index (κ3) is 2.80. The van der Waals surface area contributed by atoms with E-state index in [1.807, 2.05) is 19.1 Å². The minimum Gasteiger partial charge on any atom is -0.481 e. The summed E-state index contributed by atoms with van der Waals surface area (Å²) < 4.78 is 0. The number of carbonyl (C=O) groups is 1. The molecule has 0 aliphatic carbocycles. The lowest BCUT2D eigenvalue weighted by molar-refractivity contribution is -0.136. The molecule has 0 fully saturated rings. The highest BCUT2D eigenvalue weighted by atomic mass is 79.9. The van der Waals surface area contributed by atoms with Crippen molar-refractivity contribution in [3.63, 3.8) is 0 Å². The van der Waals surface area contributed by atoms with Crippen LogP contribution in [0.2, 0.25) is 0 Å². The van der Waals surface area contributed by atoms with Crippen LogP contribution in [0, 0.1) is 18.3 Å². The van der Waals surface area contributed by atoms with Crippen molar-refractivity contribution in [3.05, 3.63) is 34.4 Å². The highest BCUT2D eigenvalue weighted by molar-refractivity contribution is 9.08. The van der Waals surface area contributed by atoms with Gasteiger partial charge in [-0.2, -0.15) is 5.26 Å². The van der Waals surface area contributed by atoms with Crippen molar-refractivity contribution in [1.29, 1.82) is 5.26 Å². The first-order valence-corrected chi connectivity index (χ1v) is 5.51. The molecule has 1 aromatic carbocycles. The van der Waals surface area contributed by atoms with E-state index in [0.29, 0.717) is 16.5 Å². The van der Waals surface area contributed by atoms with Crippen LogP contribution in [0.3, 0.4) is 0 Å². The second kappa shape index (κ2) is 4.94. The van der Waals surface area contributed by atoms with Crippen LogP contribution in [0.1, 0.15) is 22.3 Å². The monoisotopic (exact) mass is 267 g/mol. The van der Waals surface area contributed by atoms with E-state index < -0.39 is 5.97 Å². The molecule has 1 rings (SSSR count). The molecule has 0 saturated carbocycles. The van der Waals surface area contributed by atoms with Gasteiger partial charge in [0.15, 0.2) is 0 Å². The molecule has 0 radical (unpaired) electrons. The Bertz CT molecular complexity index is 435. The van der Waals surface area contributed by atoms with Crippen LogP contribution in [0.5, 0.6) is 0 Å². The lowest BCUT2D eigenvalue weighted by Crippen LogP contribution is -2.05. The van der Waals surface area contributed by atoms with Crippen LogP contribution in [0.25, 0.3) is 0 Å². The second-order valence-corrected chi connectivity index (χ2v) is 3.82. The zero-order valence-electron chi connectivity index (χ0n) is 8.25. The molecule has 0 aromatic heterocycles. The normalized spacial score (nSPS) is 9.67. The highest BCUT2D eigenvalue weighted by Crippen LogP contribution is 2.19. The van der Waals surface area contributed by atoms with E-state index in [4.69, 9.17) is 10.4 Å². The Morgan fingerprint density at radius 1 is 1.60 bits per heavy atom. The SMILES string of the molecule is Cc1cc(CBr)cc(C#N)c1CC(=O)O. The van der Waals surface area contributed by atoms with Gasteiger partial charge in [-0.25, -0.2) is 0 Å². The Morgan fingerprint density at radius 3 is 2.73 bits per heavy atom. The Kier molecular flexibility index (Phi) is 3.87. The first-order valence-electron chi connectivity index (χ1n) is 4.38. The first-order chi connectivity index (χ1) is 7.08. The van der Waals surface area contributed by atoms with E-state index in [-0.39, 0.29) is 6.42 Å². The van der Waals surface area contributed by atoms with Crippen molar-refractivity contribution in [2.24, 2.45) is 0 Å². The van der Waals surface area contributed by atoms with Crippen LogP contribution >= 0.6 is 15.9 Å². The lowest BCUT2D eigenvalue weighted by Gasteiger charge is -2.07. The van der Waals surface area contributed by atoms with Crippen LogP contribution in [-0.2, 0) is 16.5 Å². The van der Waals surface area contributed by atoms with Crippen molar-refractivity contribution in [3.8, 4) is 6.07 Å². The van der Waals surface area contributed by atoms with Gasteiger partial charge in [0, 0.05) is 5.33 Å². The Labute approximate surface area is 96.5 Å². The van der Waals surface area contributed by atoms with Crippen molar-refractivity contribution < 1.29 is 9.90 Å². The summed E-state index contributed by atoms with van der Waals surface area (Å²) in [4.78, 5) is 10.6. The number of hydrogen-bond donors (Lipinski definition) is 1. The highest BCUT2D eigenvalue weighted by Gasteiger charge is 2.10. The van der Waals surface area contributed by atoms with E-state index >= 15 is 0 Å². The summed E-state index contributed by atoms with van der Waals surface area (Å²) in [7, 11) is 0. The maximum Gasteiger partial charge on any atom is 0.307 e. The molecular formula is C11H10BrNO2. The number of hydrogen-bond acceptors (Lipinski definition) is 2. The minimum absolute atomic E-state index is 0.0999. The Balaban J connectivity index is 3.26. The van der Waals surface area contributed by atoms with E-state index in [0.717, 1.165) is 11.1 Å². The van der Waals surface area contributed by atoms with Crippen molar-refractivity contribution in [1.82, 2.24) is 0 Å². The number of halogens is 1. The molecule has 0 aliphatic heterocycles. The summed E-state index contributed by atoms with van der Waals surface area (Å²) in [5.74, 6) is -0.916. The second-order valence-electron chi connectivity index (χ2n) is 3.25. The van der Waals surface area contributed by atoms with Crippen LogP contribution in [0.4, 0.5) is 0 Å². The van der Waals surface area contributed by atoms with Gasteiger partial charge in [-0.3, -0.25) is 4.79 Å². The summed E-state index contributed by atoms with van der Waals surface area (Å²) in [6.45, 7) is 1.82. The number of carboxylic acids is 1. The predicted molar refractivity (Wildman–Crippen MR) is 59.9 cm³/mol. The molecule has 1 aromatic rings. The van der Waals surface area contributed by atoms with E-state index in [1.54, 1.807) is 6.07 Å². The van der Waals surface area contributed by atoms with E-state index in [1.165, 1.54) is 0 Å². The minimum atomic E-state index is -0.916. The predicted octanol–water partition coefficient (Wildman–Crippen LogP) is 2.39. The molecule has 3 nitrogen and oxygen atoms in total. The number of nitriles is 1. The summed E-state index contributed by atoms with van der Waals surface area (Å²) in [5.41, 5.74) is 2.89. The molecule has 0 amide bonds. The fourth-order valence-electron chi connectivity index (χ4n) is 1.45. The zero-order valence-corrected chi connectivity index (χ0v) is 9.84. The molecule has 15 heavy (non-hydrogen) atoms. The number of carboxylic acid groups (broad SMARTS) is 1. The molecule has 0 unspecified atom stereocenters. The first kappa shape index (κ1) is 11.7. The summed E-state index contributed by atoms with van der Waals surface area (Å²) in [6, 6.07) is 5.65. The lowest BCUT2D eigenvalue weighted by atomic mass is 9.97. The standard InChI is InChI=1S/C11H10BrNO2/c1-7-2-8(5-12)3-9(6-13)10(7)4-11(14)15/h2-3H,4-5H2,1H3,(H,14,15). The van der Waals surface area contributed by atoms with Gasteiger partial charge in [0.1, 0.15) is 0 Å². The topological polar surface area (TPSA) is 61.1 Å². The summed E-state index contributed by atoms with van der Waals surface area (Å²) in [6.07, 6.45) is -0.0999. The maximum absolute atomic E-state index is 10.6. The van der Waals surface area contributed by atoms with Crippen molar-refractivity contribution in [2.75, 3.05) is 0 Å². The number of aliphatic carboxylic acids is 1. The molecule has 0 saturated heterocycles. The molecule has 1 N–H and O–H groups in total. The molecule has 4 heteroatoms. The molecular weight excluding hydrogens is 258 g/mol. The van der Waals surface area contributed by atoms with Gasteiger partial charge >= 0.3 is 5.97 Å². The van der Waals surface area contributed by atoms with Gasteiger partial charge in [0.25, 0.3) is 0 Å². The smallest absolute Gasteiger partial charge is 0.307 e. The van der Waals surface area contributed by atoms with Gasteiger partial charge in [-0.05, 0) is 29.7 Å². The van der Waals surface area contributed by atoms with Gasteiger partial charge in [0.05, 0.1) is 18.1 Å². The Hall–Kier alpha value is -1.34. The Morgan fingerprint density at radius 2 is 2.27 bits per heavy atom. The fraction of sp³-hybridized carbons (Fsp3) is 0.273. The van der Waals surface area contributed by atoms with Gasteiger partial charge in [-0.1, -0.05) is 22.0 Å². The number of benzene rings is 1. The molecule has 0 aliphatic rings. The summed E-state index contributed by atoms with van der Waals surface area (Å²) >= 11 is 3.30. The molecule has 0 atom stereocenters. The van der Waals surface area contributed by atoms with Gasteiger partial charge < -0.3 is 5.11 Å². The fourth-order valence-corrected chi connectivity index (χ4v) is 1.78. The maximum atomic E-state index is 10.6. The zero-order chi connectivity index (χ0) is 11.4. The number of aryl methyl sites for hydroxylation is 1. The average Bonchev–Trinajstić information content (AvgIpc) is 2.20. The van der Waals surface area contributed by atoms with Crippen LogP contribution in [0.15, 0.2) is 12.1 Å². The summed E-state index contributed by atoms with van der Waals surface area (Å²) in [5, 5.41) is 18.3. The van der Waals surface area contributed by atoms with Crippen LogP contribution in [-0.4, -0.2) is 11.1 Å². The third-order valence-electron chi connectivity index (χ3n) is 2.14. The van der Waals surface area contributed by atoms with E-state index in [2.05, 4.69) is 15.9 Å². The molecule has 0 spiro atoms. The van der Waals surface area contributed by atoms with Crippen LogP contribution < -0.4 is 0 Å². The third-order valence-corrected chi connectivity index (χ3v) is 2.78. The van der Waals surface area contributed by atoms with Gasteiger partial charge in [0.2, 0.25) is 0 Å². The number of nitrogens with zero attached hydrogens (tertiary/aromatic N) is 1. The van der Waals surface area contributed by atoms with E-state index in [9.17, 15) is 4.79 Å².